The Morgan fingerprint density at radius 3 is 3.07 bits per heavy atom. The van der Waals surface area contributed by atoms with Gasteiger partial charge in [0.25, 0.3) is 0 Å². The van der Waals surface area contributed by atoms with Crippen molar-refractivity contribution in [2.45, 2.75) is 26.3 Å². The number of nitrogens with one attached hydrogen (secondary N) is 1. The molecule has 1 N–H and O–H groups in total. The minimum atomic E-state index is -0.136. The second-order valence-corrected chi connectivity index (χ2v) is 4.23. The molecule has 0 radical (unpaired) electrons. The van der Waals surface area contributed by atoms with Gasteiger partial charge in [-0.3, -0.25) is 4.79 Å². The SMILES string of the molecule is CCOC(=O)CCN[C@H](C)c1cccs1. The molecule has 3 nitrogen and oxygen atoms in total. The topological polar surface area (TPSA) is 38.3 Å². The molecule has 1 aromatic heterocycles. The van der Waals surface area contributed by atoms with Crippen LogP contribution in [0.15, 0.2) is 17.5 Å². The van der Waals surface area contributed by atoms with Crippen LogP contribution in [0.25, 0.3) is 0 Å². The van der Waals surface area contributed by atoms with Crippen molar-refractivity contribution in [2.75, 3.05) is 13.2 Å². The molecule has 0 amide bonds. The lowest BCUT2D eigenvalue weighted by Gasteiger charge is -2.11. The first kappa shape index (κ1) is 12.2. The van der Waals surface area contributed by atoms with E-state index in [1.54, 1.807) is 11.3 Å². The first-order chi connectivity index (χ1) is 7.24. The number of carbonyl (C=O) groups excluding carboxylic acids is 1. The molecule has 0 fully saturated rings. The molecule has 0 aliphatic rings. The average Bonchev–Trinajstić information content (AvgIpc) is 2.70. The van der Waals surface area contributed by atoms with Crippen LogP contribution >= 0.6 is 11.3 Å². The zero-order valence-corrected chi connectivity index (χ0v) is 9.97. The molecule has 0 spiro atoms. The van der Waals surface area contributed by atoms with Gasteiger partial charge in [0.1, 0.15) is 0 Å². The van der Waals surface area contributed by atoms with Crippen LogP contribution in [-0.2, 0) is 9.53 Å². The molecule has 84 valence electrons. The lowest BCUT2D eigenvalue weighted by atomic mass is 10.2. The molecule has 0 bridgehead atoms. The van der Waals surface area contributed by atoms with Crippen LogP contribution in [0.3, 0.4) is 0 Å². The molecular formula is C11H17NO2S. The van der Waals surface area contributed by atoms with Gasteiger partial charge in [0.2, 0.25) is 0 Å². The summed E-state index contributed by atoms with van der Waals surface area (Å²) in [6.45, 7) is 5.04. The average molecular weight is 227 g/mol. The van der Waals surface area contributed by atoms with Crippen LogP contribution in [-0.4, -0.2) is 19.1 Å². The van der Waals surface area contributed by atoms with Crippen LogP contribution < -0.4 is 5.32 Å². The number of hydrogen-bond acceptors (Lipinski definition) is 4. The number of hydrogen-bond donors (Lipinski definition) is 1. The van der Waals surface area contributed by atoms with E-state index >= 15 is 0 Å². The van der Waals surface area contributed by atoms with Gasteiger partial charge >= 0.3 is 5.97 Å². The van der Waals surface area contributed by atoms with E-state index < -0.39 is 0 Å². The second-order valence-electron chi connectivity index (χ2n) is 3.25. The van der Waals surface area contributed by atoms with Crippen molar-refractivity contribution in [3.63, 3.8) is 0 Å². The highest BCUT2D eigenvalue weighted by molar-refractivity contribution is 7.10. The number of carbonyl (C=O) groups is 1. The molecule has 0 aliphatic heterocycles. The van der Waals surface area contributed by atoms with Gasteiger partial charge in [-0.15, -0.1) is 11.3 Å². The van der Waals surface area contributed by atoms with Crippen molar-refractivity contribution in [1.82, 2.24) is 5.32 Å². The molecule has 1 atom stereocenters. The summed E-state index contributed by atoms with van der Waals surface area (Å²) in [6, 6.07) is 4.43. The summed E-state index contributed by atoms with van der Waals surface area (Å²) < 4.78 is 4.84. The predicted octanol–water partition coefficient (Wildman–Crippen LogP) is 2.35. The summed E-state index contributed by atoms with van der Waals surface area (Å²) in [4.78, 5) is 12.3. The third kappa shape index (κ3) is 4.44. The standard InChI is InChI=1S/C11H17NO2S/c1-3-14-11(13)6-7-12-9(2)10-5-4-8-15-10/h4-5,8-9,12H,3,6-7H2,1-2H3/t9-/m1/s1. The van der Waals surface area contributed by atoms with Crippen molar-refractivity contribution >= 4 is 17.3 Å². The summed E-state index contributed by atoms with van der Waals surface area (Å²) in [6.07, 6.45) is 0.434. The predicted molar refractivity (Wildman–Crippen MR) is 62.0 cm³/mol. The van der Waals surface area contributed by atoms with Crippen LogP contribution in [0.5, 0.6) is 0 Å². The van der Waals surface area contributed by atoms with Gasteiger partial charge in [-0.05, 0) is 25.3 Å². The highest BCUT2D eigenvalue weighted by Gasteiger charge is 2.06. The van der Waals surface area contributed by atoms with Gasteiger partial charge in [0.15, 0.2) is 0 Å². The lowest BCUT2D eigenvalue weighted by molar-refractivity contribution is -0.142. The smallest absolute Gasteiger partial charge is 0.307 e. The second kappa shape index (κ2) is 6.58. The molecule has 1 rings (SSSR count). The van der Waals surface area contributed by atoms with E-state index in [1.165, 1.54) is 4.88 Å². The van der Waals surface area contributed by atoms with E-state index in [1.807, 2.05) is 13.0 Å². The van der Waals surface area contributed by atoms with Crippen molar-refractivity contribution in [1.29, 1.82) is 0 Å². The fourth-order valence-electron chi connectivity index (χ4n) is 1.26. The van der Waals surface area contributed by atoms with E-state index in [4.69, 9.17) is 4.74 Å². The summed E-state index contributed by atoms with van der Waals surface area (Å²) in [7, 11) is 0. The maximum atomic E-state index is 11.1. The van der Waals surface area contributed by atoms with Crippen LogP contribution in [0.4, 0.5) is 0 Å². The fraction of sp³-hybridized carbons (Fsp3) is 0.545. The Labute approximate surface area is 94.5 Å². The summed E-state index contributed by atoms with van der Waals surface area (Å²) in [5, 5.41) is 5.34. The zero-order chi connectivity index (χ0) is 11.1. The number of esters is 1. The maximum absolute atomic E-state index is 11.1. The molecule has 15 heavy (non-hydrogen) atoms. The quantitative estimate of drug-likeness (QED) is 0.758. The van der Waals surface area contributed by atoms with E-state index in [2.05, 4.69) is 23.7 Å². The molecule has 0 saturated carbocycles. The summed E-state index contributed by atoms with van der Waals surface area (Å²) >= 11 is 1.72. The van der Waals surface area contributed by atoms with Crippen LogP contribution in [0.1, 0.15) is 31.2 Å². The summed E-state index contributed by atoms with van der Waals surface area (Å²) in [5.74, 6) is -0.136. The van der Waals surface area contributed by atoms with E-state index in [9.17, 15) is 4.79 Å². The van der Waals surface area contributed by atoms with Crippen molar-refractivity contribution in [3.8, 4) is 0 Å². The Morgan fingerprint density at radius 2 is 2.47 bits per heavy atom. The third-order valence-corrected chi connectivity index (χ3v) is 3.11. The fourth-order valence-corrected chi connectivity index (χ4v) is 2.02. The first-order valence-electron chi connectivity index (χ1n) is 5.16. The molecular weight excluding hydrogens is 210 g/mol. The molecule has 0 aromatic carbocycles. The Bertz CT molecular complexity index is 285. The Hall–Kier alpha value is -0.870. The minimum absolute atomic E-state index is 0.136. The summed E-state index contributed by atoms with van der Waals surface area (Å²) in [5.41, 5.74) is 0. The minimum Gasteiger partial charge on any atom is -0.466 e. The van der Waals surface area contributed by atoms with E-state index in [-0.39, 0.29) is 5.97 Å². The Morgan fingerprint density at radius 1 is 1.67 bits per heavy atom. The number of ether oxygens (including phenoxy) is 1. The molecule has 1 heterocycles. The molecule has 4 heteroatoms. The molecule has 1 aromatic rings. The molecule has 0 aliphatic carbocycles. The third-order valence-electron chi connectivity index (χ3n) is 2.05. The van der Waals surface area contributed by atoms with Gasteiger partial charge in [0, 0.05) is 17.5 Å². The lowest BCUT2D eigenvalue weighted by Crippen LogP contribution is -2.22. The Balaban J connectivity index is 2.18. The monoisotopic (exact) mass is 227 g/mol. The molecule has 0 saturated heterocycles. The van der Waals surface area contributed by atoms with Crippen LogP contribution in [0, 0.1) is 0 Å². The highest BCUT2D eigenvalue weighted by Crippen LogP contribution is 2.17. The van der Waals surface area contributed by atoms with Gasteiger partial charge < -0.3 is 10.1 Å². The van der Waals surface area contributed by atoms with Gasteiger partial charge in [-0.2, -0.15) is 0 Å². The zero-order valence-electron chi connectivity index (χ0n) is 9.16. The van der Waals surface area contributed by atoms with Crippen molar-refractivity contribution in [2.24, 2.45) is 0 Å². The van der Waals surface area contributed by atoms with Gasteiger partial charge in [-0.1, -0.05) is 6.07 Å². The van der Waals surface area contributed by atoms with Gasteiger partial charge in [0.05, 0.1) is 13.0 Å². The van der Waals surface area contributed by atoms with E-state index in [0.717, 1.165) is 0 Å². The first-order valence-corrected chi connectivity index (χ1v) is 6.04. The van der Waals surface area contributed by atoms with Gasteiger partial charge in [-0.25, -0.2) is 0 Å². The highest BCUT2D eigenvalue weighted by atomic mass is 32.1. The van der Waals surface area contributed by atoms with Crippen LogP contribution in [0.2, 0.25) is 0 Å². The van der Waals surface area contributed by atoms with Crippen molar-refractivity contribution in [3.05, 3.63) is 22.4 Å². The number of rotatable bonds is 6. The van der Waals surface area contributed by atoms with Crippen molar-refractivity contribution < 1.29 is 9.53 Å². The molecule has 0 unspecified atom stereocenters. The Kier molecular flexibility index (Phi) is 5.36. The largest absolute Gasteiger partial charge is 0.466 e. The number of thiophene rings is 1. The maximum Gasteiger partial charge on any atom is 0.307 e. The normalized spacial score (nSPS) is 12.4. The van der Waals surface area contributed by atoms with E-state index in [0.29, 0.717) is 25.6 Å².